The third kappa shape index (κ3) is 2.78. The molecule has 1 nitrogen and oxygen atoms in total. The van der Waals surface area contributed by atoms with E-state index < -0.39 is 0 Å². The lowest BCUT2D eigenvalue weighted by atomic mass is 9.88. The SMILES string of the molecule is CCCCCCC1CCOc2ccccc21. The number of para-hydroxylation sites is 1. The number of rotatable bonds is 5. The number of ether oxygens (including phenoxy) is 1. The summed E-state index contributed by atoms with van der Waals surface area (Å²) >= 11 is 0. The van der Waals surface area contributed by atoms with Gasteiger partial charge >= 0.3 is 0 Å². The Morgan fingerprint density at radius 1 is 1.19 bits per heavy atom. The molecule has 0 bridgehead atoms. The summed E-state index contributed by atoms with van der Waals surface area (Å²) in [5, 5.41) is 0. The normalized spacial score (nSPS) is 18.9. The molecular weight excluding hydrogens is 196 g/mol. The third-order valence-corrected chi connectivity index (χ3v) is 3.49. The first-order chi connectivity index (χ1) is 7.92. The van der Waals surface area contributed by atoms with Crippen LogP contribution < -0.4 is 4.74 Å². The van der Waals surface area contributed by atoms with Crippen LogP contribution in [-0.4, -0.2) is 6.61 Å². The topological polar surface area (TPSA) is 9.23 Å². The molecule has 2 rings (SSSR count). The number of hydrogen-bond acceptors (Lipinski definition) is 1. The first-order valence-corrected chi connectivity index (χ1v) is 6.63. The van der Waals surface area contributed by atoms with Crippen LogP contribution in [0.5, 0.6) is 5.75 Å². The van der Waals surface area contributed by atoms with Crippen LogP contribution in [0.2, 0.25) is 0 Å². The summed E-state index contributed by atoms with van der Waals surface area (Å²) in [7, 11) is 0. The molecule has 0 saturated heterocycles. The number of hydrogen-bond donors (Lipinski definition) is 0. The van der Waals surface area contributed by atoms with Crippen molar-refractivity contribution in [2.75, 3.05) is 6.61 Å². The van der Waals surface area contributed by atoms with Gasteiger partial charge in [0.1, 0.15) is 5.75 Å². The van der Waals surface area contributed by atoms with Crippen LogP contribution in [0.25, 0.3) is 0 Å². The zero-order valence-corrected chi connectivity index (χ0v) is 10.2. The highest BCUT2D eigenvalue weighted by atomic mass is 16.5. The smallest absolute Gasteiger partial charge is 0.122 e. The van der Waals surface area contributed by atoms with E-state index in [1.807, 2.05) is 0 Å². The van der Waals surface area contributed by atoms with Crippen molar-refractivity contribution < 1.29 is 4.74 Å². The molecule has 0 spiro atoms. The van der Waals surface area contributed by atoms with Crippen LogP contribution in [0.1, 0.15) is 56.9 Å². The van der Waals surface area contributed by atoms with Gasteiger partial charge in [0.05, 0.1) is 6.61 Å². The van der Waals surface area contributed by atoms with E-state index in [0.717, 1.165) is 18.3 Å². The molecule has 1 aliphatic heterocycles. The number of benzene rings is 1. The average Bonchev–Trinajstić information content (AvgIpc) is 2.35. The van der Waals surface area contributed by atoms with E-state index in [1.165, 1.54) is 44.1 Å². The Balaban J connectivity index is 1.91. The Morgan fingerprint density at radius 3 is 2.94 bits per heavy atom. The molecule has 0 amide bonds. The van der Waals surface area contributed by atoms with Gasteiger partial charge in [0.15, 0.2) is 0 Å². The van der Waals surface area contributed by atoms with Gasteiger partial charge in [0, 0.05) is 0 Å². The van der Waals surface area contributed by atoms with Gasteiger partial charge in [-0.3, -0.25) is 0 Å². The van der Waals surface area contributed by atoms with Gasteiger partial charge in [0.25, 0.3) is 0 Å². The molecule has 1 atom stereocenters. The van der Waals surface area contributed by atoms with Crippen molar-refractivity contribution in [3.05, 3.63) is 29.8 Å². The fourth-order valence-electron chi connectivity index (χ4n) is 2.53. The number of unbranched alkanes of at least 4 members (excludes halogenated alkanes) is 3. The molecule has 1 aromatic carbocycles. The van der Waals surface area contributed by atoms with Crippen LogP contribution in [0.4, 0.5) is 0 Å². The van der Waals surface area contributed by atoms with Crippen LogP contribution >= 0.6 is 0 Å². The summed E-state index contributed by atoms with van der Waals surface area (Å²) in [4.78, 5) is 0. The molecule has 0 aliphatic carbocycles. The summed E-state index contributed by atoms with van der Waals surface area (Å²) in [6.07, 6.45) is 7.99. The maximum absolute atomic E-state index is 5.68. The van der Waals surface area contributed by atoms with E-state index in [-0.39, 0.29) is 0 Å². The van der Waals surface area contributed by atoms with Gasteiger partial charge in [-0.2, -0.15) is 0 Å². The molecule has 0 N–H and O–H groups in total. The Bertz CT molecular complexity index is 319. The minimum atomic E-state index is 0.738. The quantitative estimate of drug-likeness (QED) is 0.660. The molecule has 1 unspecified atom stereocenters. The van der Waals surface area contributed by atoms with Gasteiger partial charge in [-0.15, -0.1) is 0 Å². The zero-order valence-electron chi connectivity index (χ0n) is 10.2. The first-order valence-electron chi connectivity index (χ1n) is 6.63. The molecule has 0 radical (unpaired) electrons. The second-order valence-electron chi connectivity index (χ2n) is 4.72. The molecule has 0 aromatic heterocycles. The van der Waals surface area contributed by atoms with E-state index >= 15 is 0 Å². The van der Waals surface area contributed by atoms with Gasteiger partial charge < -0.3 is 4.74 Å². The molecule has 16 heavy (non-hydrogen) atoms. The summed E-state index contributed by atoms with van der Waals surface area (Å²) in [6.45, 7) is 3.17. The molecule has 1 aromatic rings. The standard InChI is InChI=1S/C15H22O/c1-2-3-4-5-8-13-11-12-16-15-10-7-6-9-14(13)15/h6-7,9-10,13H,2-5,8,11-12H2,1H3. The first kappa shape index (κ1) is 11.5. The van der Waals surface area contributed by atoms with Crippen molar-refractivity contribution in [2.24, 2.45) is 0 Å². The van der Waals surface area contributed by atoms with Crippen LogP contribution in [0.15, 0.2) is 24.3 Å². The third-order valence-electron chi connectivity index (χ3n) is 3.49. The highest BCUT2D eigenvalue weighted by molar-refractivity contribution is 5.37. The van der Waals surface area contributed by atoms with Gasteiger partial charge in [-0.1, -0.05) is 50.8 Å². The summed E-state index contributed by atoms with van der Waals surface area (Å²) in [6, 6.07) is 8.54. The van der Waals surface area contributed by atoms with E-state index in [1.54, 1.807) is 0 Å². The largest absolute Gasteiger partial charge is 0.493 e. The zero-order chi connectivity index (χ0) is 11.2. The Labute approximate surface area is 98.8 Å². The summed E-state index contributed by atoms with van der Waals surface area (Å²) in [5.74, 6) is 1.86. The predicted molar refractivity (Wildman–Crippen MR) is 68.1 cm³/mol. The Morgan fingerprint density at radius 2 is 2.06 bits per heavy atom. The Kier molecular flexibility index (Phi) is 4.26. The highest BCUT2D eigenvalue weighted by Crippen LogP contribution is 2.36. The summed E-state index contributed by atoms with van der Waals surface area (Å²) < 4.78 is 5.68. The second-order valence-corrected chi connectivity index (χ2v) is 4.72. The summed E-state index contributed by atoms with van der Waals surface area (Å²) in [5.41, 5.74) is 1.44. The fourth-order valence-corrected chi connectivity index (χ4v) is 2.53. The minimum Gasteiger partial charge on any atom is -0.493 e. The van der Waals surface area contributed by atoms with Crippen molar-refractivity contribution in [3.63, 3.8) is 0 Å². The van der Waals surface area contributed by atoms with E-state index in [2.05, 4.69) is 31.2 Å². The Hall–Kier alpha value is -0.980. The molecule has 0 fully saturated rings. The molecular formula is C15H22O. The monoisotopic (exact) mass is 218 g/mol. The molecule has 1 aliphatic rings. The van der Waals surface area contributed by atoms with Gasteiger partial charge in [-0.05, 0) is 30.4 Å². The predicted octanol–water partition coefficient (Wildman–Crippen LogP) is 4.52. The maximum atomic E-state index is 5.68. The molecule has 88 valence electrons. The van der Waals surface area contributed by atoms with Crippen LogP contribution in [0.3, 0.4) is 0 Å². The molecule has 0 saturated carbocycles. The maximum Gasteiger partial charge on any atom is 0.122 e. The number of fused-ring (bicyclic) bond motifs is 1. The van der Waals surface area contributed by atoms with Crippen molar-refractivity contribution in [3.8, 4) is 5.75 Å². The van der Waals surface area contributed by atoms with Gasteiger partial charge in [0.2, 0.25) is 0 Å². The van der Waals surface area contributed by atoms with E-state index in [4.69, 9.17) is 4.74 Å². The van der Waals surface area contributed by atoms with Crippen molar-refractivity contribution in [2.45, 2.75) is 51.4 Å². The van der Waals surface area contributed by atoms with Crippen molar-refractivity contribution in [1.82, 2.24) is 0 Å². The molecule has 1 heterocycles. The molecule has 1 heteroatoms. The van der Waals surface area contributed by atoms with Crippen molar-refractivity contribution >= 4 is 0 Å². The lowest BCUT2D eigenvalue weighted by Gasteiger charge is -2.25. The highest BCUT2D eigenvalue weighted by Gasteiger charge is 2.19. The lowest BCUT2D eigenvalue weighted by molar-refractivity contribution is 0.261. The van der Waals surface area contributed by atoms with Crippen LogP contribution in [-0.2, 0) is 0 Å². The van der Waals surface area contributed by atoms with Crippen LogP contribution in [0, 0.1) is 0 Å². The van der Waals surface area contributed by atoms with E-state index in [0.29, 0.717) is 0 Å². The van der Waals surface area contributed by atoms with E-state index in [9.17, 15) is 0 Å². The van der Waals surface area contributed by atoms with Crippen molar-refractivity contribution in [1.29, 1.82) is 0 Å². The van der Waals surface area contributed by atoms with Gasteiger partial charge in [-0.25, -0.2) is 0 Å². The second kappa shape index (κ2) is 5.93. The fraction of sp³-hybridized carbons (Fsp3) is 0.600. The average molecular weight is 218 g/mol. The lowest BCUT2D eigenvalue weighted by Crippen LogP contribution is -2.14. The minimum absolute atomic E-state index is 0.738.